The van der Waals surface area contributed by atoms with Gasteiger partial charge >= 0.3 is 0 Å². The van der Waals surface area contributed by atoms with E-state index in [1.54, 1.807) is 7.11 Å². The van der Waals surface area contributed by atoms with Crippen LogP contribution in [0.15, 0.2) is 84.9 Å². The van der Waals surface area contributed by atoms with E-state index in [-0.39, 0.29) is 5.92 Å². The van der Waals surface area contributed by atoms with E-state index in [0.717, 1.165) is 39.5 Å². The van der Waals surface area contributed by atoms with Gasteiger partial charge in [-0.1, -0.05) is 55.5 Å². The Balaban J connectivity index is 1.44. The third-order valence-corrected chi connectivity index (χ3v) is 6.36. The van der Waals surface area contributed by atoms with Crippen LogP contribution in [0.4, 0.5) is 0 Å². The average molecular weight is 467 g/mol. The Hall–Kier alpha value is -3.99. The number of nitrogens with zero attached hydrogens (tertiary/aromatic N) is 2. The minimum atomic E-state index is 0.115. The summed E-state index contributed by atoms with van der Waals surface area (Å²) in [5.41, 5.74) is 3.33. The smallest absolute Gasteiger partial charge is 0.161 e. The maximum absolute atomic E-state index is 6.15. The Bertz CT molecular complexity index is 1460. The zero-order valence-electron chi connectivity index (χ0n) is 20.4. The van der Waals surface area contributed by atoms with Crippen molar-refractivity contribution < 1.29 is 14.2 Å². The molecule has 1 unspecified atom stereocenters. The molecule has 1 atom stereocenters. The minimum Gasteiger partial charge on any atom is -0.497 e. The van der Waals surface area contributed by atoms with E-state index in [4.69, 9.17) is 19.2 Å². The van der Waals surface area contributed by atoms with E-state index < -0.39 is 0 Å². The Kier molecular flexibility index (Phi) is 6.57. The van der Waals surface area contributed by atoms with Crippen LogP contribution in [0.1, 0.15) is 31.2 Å². The summed E-state index contributed by atoms with van der Waals surface area (Å²) >= 11 is 0. The molecule has 0 bridgehead atoms. The van der Waals surface area contributed by atoms with Gasteiger partial charge in [0, 0.05) is 5.92 Å². The highest BCUT2D eigenvalue weighted by Crippen LogP contribution is 2.31. The van der Waals surface area contributed by atoms with Gasteiger partial charge in [0.05, 0.1) is 31.3 Å². The number of ether oxygens (including phenoxy) is 3. The third-order valence-electron chi connectivity index (χ3n) is 6.36. The van der Waals surface area contributed by atoms with Crippen LogP contribution in [0, 0.1) is 0 Å². The molecule has 5 rings (SSSR count). The van der Waals surface area contributed by atoms with Crippen LogP contribution in [-0.4, -0.2) is 29.9 Å². The largest absolute Gasteiger partial charge is 0.497 e. The van der Waals surface area contributed by atoms with Crippen LogP contribution >= 0.6 is 0 Å². The molecular weight excluding hydrogens is 436 g/mol. The summed E-state index contributed by atoms with van der Waals surface area (Å²) in [6.07, 6.45) is 0. The Morgan fingerprint density at radius 2 is 1.54 bits per heavy atom. The second kappa shape index (κ2) is 10.1. The Morgan fingerprint density at radius 3 is 2.34 bits per heavy atom. The number of hydrogen-bond donors (Lipinski definition) is 0. The molecule has 1 heterocycles. The molecule has 0 saturated heterocycles. The molecule has 0 radical (unpaired) electrons. The van der Waals surface area contributed by atoms with Crippen LogP contribution in [0.5, 0.6) is 17.2 Å². The molecule has 0 aliphatic heterocycles. The molecule has 5 heteroatoms. The molecule has 35 heavy (non-hydrogen) atoms. The molecule has 5 aromatic rings. The highest BCUT2D eigenvalue weighted by Gasteiger charge is 2.19. The van der Waals surface area contributed by atoms with E-state index >= 15 is 0 Å². The SMILES string of the molecule is CCOc1ccccc1OCCn1c(C(C)c2ccc3cc(OC)ccc3c2)nc2ccccc21. The third kappa shape index (κ3) is 4.67. The molecule has 178 valence electrons. The number of para-hydroxylation sites is 4. The highest BCUT2D eigenvalue weighted by molar-refractivity contribution is 5.85. The van der Waals surface area contributed by atoms with Crippen molar-refractivity contribution in [1.82, 2.24) is 9.55 Å². The number of aromatic nitrogens is 2. The van der Waals surface area contributed by atoms with E-state index in [1.807, 2.05) is 43.3 Å². The predicted molar refractivity (Wildman–Crippen MR) is 141 cm³/mol. The summed E-state index contributed by atoms with van der Waals surface area (Å²) in [4.78, 5) is 5.03. The molecule has 1 aromatic heterocycles. The van der Waals surface area contributed by atoms with E-state index in [2.05, 4.69) is 60.0 Å². The van der Waals surface area contributed by atoms with Crippen molar-refractivity contribution in [3.05, 3.63) is 96.3 Å². The standard InChI is InChI=1S/C30H30N2O3/c1-4-34-28-11-7-8-12-29(28)35-18-17-32-27-10-6-5-9-26(27)31-30(32)21(2)22-13-14-24-20-25(33-3)16-15-23(24)19-22/h5-16,19-21H,4,17-18H2,1-3H3. The van der Waals surface area contributed by atoms with Crippen LogP contribution < -0.4 is 14.2 Å². The zero-order valence-corrected chi connectivity index (χ0v) is 20.4. The number of hydrogen-bond acceptors (Lipinski definition) is 4. The molecule has 0 aliphatic rings. The minimum absolute atomic E-state index is 0.115. The number of fused-ring (bicyclic) bond motifs is 2. The number of imidazole rings is 1. The maximum atomic E-state index is 6.15. The van der Waals surface area contributed by atoms with Crippen molar-refractivity contribution in [2.75, 3.05) is 20.3 Å². The fourth-order valence-electron chi connectivity index (χ4n) is 4.54. The lowest BCUT2D eigenvalue weighted by atomic mass is 9.97. The summed E-state index contributed by atoms with van der Waals surface area (Å²) in [5.74, 6) is 3.54. The molecule has 0 fully saturated rings. The van der Waals surface area contributed by atoms with Crippen LogP contribution in [0.2, 0.25) is 0 Å². The number of methoxy groups -OCH3 is 1. The first kappa shape index (κ1) is 22.8. The monoisotopic (exact) mass is 466 g/mol. The van der Waals surface area contributed by atoms with Crippen molar-refractivity contribution in [2.24, 2.45) is 0 Å². The zero-order chi connectivity index (χ0) is 24.2. The predicted octanol–water partition coefficient (Wildman–Crippen LogP) is 6.83. The Morgan fingerprint density at radius 1 is 0.829 bits per heavy atom. The lowest BCUT2D eigenvalue weighted by Crippen LogP contribution is -2.14. The molecule has 4 aromatic carbocycles. The molecule has 0 aliphatic carbocycles. The maximum Gasteiger partial charge on any atom is 0.161 e. The van der Waals surface area contributed by atoms with Crippen molar-refractivity contribution in [1.29, 1.82) is 0 Å². The normalized spacial score (nSPS) is 12.1. The highest BCUT2D eigenvalue weighted by atomic mass is 16.5. The van der Waals surface area contributed by atoms with E-state index in [1.165, 1.54) is 10.9 Å². The van der Waals surface area contributed by atoms with Crippen LogP contribution in [0.3, 0.4) is 0 Å². The van der Waals surface area contributed by atoms with Crippen molar-refractivity contribution in [3.63, 3.8) is 0 Å². The molecule has 0 spiro atoms. The van der Waals surface area contributed by atoms with E-state index in [0.29, 0.717) is 19.8 Å². The summed E-state index contributed by atoms with van der Waals surface area (Å²) in [6, 6.07) is 28.9. The Labute approximate surface area is 205 Å². The van der Waals surface area contributed by atoms with Crippen LogP contribution in [-0.2, 0) is 6.54 Å². The van der Waals surface area contributed by atoms with Gasteiger partial charge in [-0.05, 0) is 59.7 Å². The molecular formula is C30H30N2O3. The molecule has 0 N–H and O–H groups in total. The van der Waals surface area contributed by atoms with Gasteiger partial charge in [-0.25, -0.2) is 4.98 Å². The topological polar surface area (TPSA) is 45.5 Å². The first-order valence-electron chi connectivity index (χ1n) is 12.1. The van der Waals surface area contributed by atoms with Gasteiger partial charge in [0.25, 0.3) is 0 Å². The van der Waals surface area contributed by atoms with Gasteiger partial charge in [0.1, 0.15) is 18.2 Å². The van der Waals surface area contributed by atoms with Crippen molar-refractivity contribution in [3.8, 4) is 17.2 Å². The lowest BCUT2D eigenvalue weighted by Gasteiger charge is -2.17. The van der Waals surface area contributed by atoms with Gasteiger partial charge in [-0.15, -0.1) is 0 Å². The fraction of sp³-hybridized carbons (Fsp3) is 0.233. The first-order valence-corrected chi connectivity index (χ1v) is 12.1. The summed E-state index contributed by atoms with van der Waals surface area (Å²) in [6.45, 7) is 6.00. The second-order valence-electron chi connectivity index (χ2n) is 8.53. The van der Waals surface area contributed by atoms with Gasteiger partial charge in [-0.2, -0.15) is 0 Å². The quantitative estimate of drug-likeness (QED) is 0.239. The van der Waals surface area contributed by atoms with Crippen molar-refractivity contribution >= 4 is 21.8 Å². The second-order valence-corrected chi connectivity index (χ2v) is 8.53. The lowest BCUT2D eigenvalue weighted by molar-refractivity contribution is 0.266. The van der Waals surface area contributed by atoms with Gasteiger partial charge in [0.15, 0.2) is 11.5 Å². The van der Waals surface area contributed by atoms with Gasteiger partial charge in [0.2, 0.25) is 0 Å². The van der Waals surface area contributed by atoms with Crippen molar-refractivity contribution in [2.45, 2.75) is 26.3 Å². The number of benzene rings is 4. The van der Waals surface area contributed by atoms with Crippen LogP contribution in [0.25, 0.3) is 21.8 Å². The molecule has 0 amide bonds. The fourth-order valence-corrected chi connectivity index (χ4v) is 4.54. The van der Waals surface area contributed by atoms with E-state index in [9.17, 15) is 0 Å². The summed E-state index contributed by atoms with van der Waals surface area (Å²) < 4.78 is 19.5. The average Bonchev–Trinajstić information content (AvgIpc) is 3.27. The molecule has 5 nitrogen and oxygen atoms in total. The number of rotatable bonds is 9. The summed E-state index contributed by atoms with van der Waals surface area (Å²) in [5, 5.41) is 2.35. The summed E-state index contributed by atoms with van der Waals surface area (Å²) in [7, 11) is 1.70. The first-order chi connectivity index (χ1) is 17.2. The van der Waals surface area contributed by atoms with Gasteiger partial charge in [-0.3, -0.25) is 0 Å². The van der Waals surface area contributed by atoms with Gasteiger partial charge < -0.3 is 18.8 Å². The molecule has 0 saturated carbocycles.